The third-order valence-electron chi connectivity index (χ3n) is 5.59. The normalized spacial score (nSPS) is 13.9. The molecule has 212 valence electrons. The van der Waals surface area contributed by atoms with Crippen LogP contribution in [0.2, 0.25) is 0 Å². The number of guanidine groups is 1. The zero-order chi connectivity index (χ0) is 28.5. The van der Waals surface area contributed by atoms with Crippen molar-refractivity contribution in [2.75, 3.05) is 19.7 Å². The van der Waals surface area contributed by atoms with E-state index in [1.165, 1.54) is 0 Å². The van der Waals surface area contributed by atoms with Gasteiger partial charge in [0.25, 0.3) is 0 Å². The summed E-state index contributed by atoms with van der Waals surface area (Å²) in [5.41, 5.74) is 23.1. The van der Waals surface area contributed by atoms with Crippen LogP contribution >= 0.6 is 0 Å². The van der Waals surface area contributed by atoms with E-state index in [9.17, 15) is 24.3 Å². The summed E-state index contributed by atoms with van der Waals surface area (Å²) in [5.74, 6) is -3.56. The standard InChI is InChI=1S/C24H40N8O6/c25-11-5-4-9-17(22(36)32-19(14-33)23(37)38)31-21(35)18(10-6-12-29-24(27)28)30-20(34)16(26)13-15-7-2-1-3-8-15/h1-3,7-8,16-19,33H,4-6,9-14,25-26H2,(H,30,34)(H,31,35)(H,32,36)(H,37,38)(H4,27,28,29). The minimum atomic E-state index is -1.54. The molecule has 1 aromatic rings. The molecule has 0 aliphatic carbocycles. The van der Waals surface area contributed by atoms with Gasteiger partial charge in [-0.2, -0.15) is 0 Å². The Hall–Kier alpha value is -3.75. The Kier molecular flexibility index (Phi) is 15.0. The first-order chi connectivity index (χ1) is 18.1. The van der Waals surface area contributed by atoms with Crippen molar-refractivity contribution in [2.45, 2.75) is 62.7 Å². The molecule has 4 unspecified atom stereocenters. The lowest BCUT2D eigenvalue weighted by Crippen LogP contribution is -2.57. The summed E-state index contributed by atoms with van der Waals surface area (Å²) in [6.45, 7) is -0.262. The van der Waals surface area contributed by atoms with E-state index in [1.807, 2.05) is 30.3 Å². The number of benzene rings is 1. The van der Waals surface area contributed by atoms with Gasteiger partial charge in [0.05, 0.1) is 12.6 Å². The smallest absolute Gasteiger partial charge is 0.328 e. The molecule has 0 aliphatic heterocycles. The summed E-state index contributed by atoms with van der Waals surface area (Å²) in [6.07, 6.45) is 1.91. The van der Waals surface area contributed by atoms with Gasteiger partial charge < -0.3 is 49.1 Å². The maximum absolute atomic E-state index is 13.2. The van der Waals surface area contributed by atoms with E-state index in [2.05, 4.69) is 20.9 Å². The minimum Gasteiger partial charge on any atom is -0.480 e. The molecular weight excluding hydrogens is 496 g/mol. The molecule has 0 aromatic heterocycles. The van der Waals surface area contributed by atoms with Gasteiger partial charge in [-0.1, -0.05) is 30.3 Å². The van der Waals surface area contributed by atoms with Crippen LogP contribution in [0.15, 0.2) is 35.3 Å². The maximum Gasteiger partial charge on any atom is 0.328 e. The summed E-state index contributed by atoms with van der Waals surface area (Å²) in [7, 11) is 0. The molecule has 14 nitrogen and oxygen atoms in total. The largest absolute Gasteiger partial charge is 0.480 e. The number of carbonyl (C=O) groups excluding carboxylic acids is 3. The first-order valence-electron chi connectivity index (χ1n) is 12.4. The SMILES string of the molecule is NCCCCC(NC(=O)C(CCCN=C(N)N)NC(=O)C(N)Cc1ccccc1)C(=O)NC(CO)C(=O)O. The number of hydrogen-bond acceptors (Lipinski definition) is 8. The van der Waals surface area contributed by atoms with Gasteiger partial charge in [0.1, 0.15) is 18.1 Å². The molecular formula is C24H40N8O6. The number of aliphatic hydroxyl groups is 1. The van der Waals surface area contributed by atoms with Crippen LogP contribution in [0.4, 0.5) is 0 Å². The molecule has 4 atom stereocenters. The third kappa shape index (κ3) is 12.5. The Balaban J connectivity index is 2.99. The number of aliphatic hydroxyl groups excluding tert-OH is 1. The minimum absolute atomic E-state index is 0.117. The number of carboxylic acids is 1. The summed E-state index contributed by atoms with van der Waals surface area (Å²) >= 11 is 0. The highest BCUT2D eigenvalue weighted by molar-refractivity contribution is 5.94. The molecule has 3 amide bonds. The van der Waals surface area contributed by atoms with Crippen molar-refractivity contribution in [1.82, 2.24) is 16.0 Å². The van der Waals surface area contributed by atoms with Crippen molar-refractivity contribution in [3.8, 4) is 0 Å². The van der Waals surface area contributed by atoms with Gasteiger partial charge in [-0.15, -0.1) is 0 Å². The second-order valence-corrected chi connectivity index (χ2v) is 8.73. The van der Waals surface area contributed by atoms with Crippen LogP contribution in [-0.2, 0) is 25.6 Å². The number of carboxylic acid groups (broad SMARTS) is 1. The fraction of sp³-hybridized carbons (Fsp3) is 0.542. The summed E-state index contributed by atoms with van der Waals surface area (Å²) in [4.78, 5) is 53.9. The molecule has 0 spiro atoms. The molecule has 1 aromatic carbocycles. The van der Waals surface area contributed by atoms with Crippen LogP contribution in [0.1, 0.15) is 37.7 Å². The zero-order valence-electron chi connectivity index (χ0n) is 21.3. The van der Waals surface area contributed by atoms with E-state index in [-0.39, 0.29) is 31.8 Å². The molecule has 1 rings (SSSR count). The second-order valence-electron chi connectivity index (χ2n) is 8.73. The third-order valence-corrected chi connectivity index (χ3v) is 5.59. The van der Waals surface area contributed by atoms with E-state index >= 15 is 0 Å². The average molecular weight is 537 g/mol. The highest BCUT2D eigenvalue weighted by Crippen LogP contribution is 2.07. The number of aliphatic imine (C=N–C) groups is 1. The van der Waals surface area contributed by atoms with Gasteiger partial charge >= 0.3 is 5.97 Å². The van der Waals surface area contributed by atoms with Crippen molar-refractivity contribution in [3.05, 3.63) is 35.9 Å². The van der Waals surface area contributed by atoms with E-state index in [1.54, 1.807) is 0 Å². The number of nitrogens with one attached hydrogen (secondary N) is 3. The quantitative estimate of drug-likeness (QED) is 0.0531. The first kappa shape index (κ1) is 32.3. The highest BCUT2D eigenvalue weighted by atomic mass is 16.4. The Morgan fingerprint density at radius 1 is 0.842 bits per heavy atom. The van der Waals surface area contributed by atoms with Crippen molar-refractivity contribution in [3.63, 3.8) is 0 Å². The van der Waals surface area contributed by atoms with Crippen LogP contribution in [0.3, 0.4) is 0 Å². The molecule has 0 saturated carbocycles. The summed E-state index contributed by atoms with van der Waals surface area (Å²) in [6, 6.07) is 4.46. The van der Waals surface area contributed by atoms with Crippen LogP contribution in [0, 0.1) is 0 Å². The van der Waals surface area contributed by atoms with Crippen molar-refractivity contribution < 1.29 is 29.4 Å². The van der Waals surface area contributed by atoms with E-state index in [0.717, 1.165) is 5.56 Å². The van der Waals surface area contributed by atoms with Crippen molar-refractivity contribution in [1.29, 1.82) is 0 Å². The Labute approximate surface area is 221 Å². The highest BCUT2D eigenvalue weighted by Gasteiger charge is 2.30. The molecule has 0 bridgehead atoms. The van der Waals surface area contributed by atoms with Crippen LogP contribution in [0.5, 0.6) is 0 Å². The Morgan fingerprint density at radius 2 is 1.39 bits per heavy atom. The lowest BCUT2D eigenvalue weighted by molar-refractivity contribution is -0.143. The number of nitrogens with zero attached hydrogens (tertiary/aromatic N) is 1. The first-order valence-corrected chi connectivity index (χ1v) is 12.4. The molecule has 14 heteroatoms. The molecule has 0 heterocycles. The molecule has 0 fully saturated rings. The second kappa shape index (κ2) is 17.7. The number of carbonyl (C=O) groups is 4. The van der Waals surface area contributed by atoms with Gasteiger partial charge in [0, 0.05) is 6.54 Å². The number of amides is 3. The molecule has 0 saturated heterocycles. The fourth-order valence-electron chi connectivity index (χ4n) is 3.50. The Bertz CT molecular complexity index is 926. The maximum atomic E-state index is 13.2. The number of hydrogen-bond donors (Lipinski definition) is 9. The number of aliphatic carboxylic acids is 1. The number of nitrogens with two attached hydrogens (primary N) is 4. The predicted molar refractivity (Wildman–Crippen MR) is 141 cm³/mol. The van der Waals surface area contributed by atoms with Gasteiger partial charge in [-0.25, -0.2) is 4.79 Å². The van der Waals surface area contributed by atoms with Gasteiger partial charge in [-0.3, -0.25) is 19.4 Å². The number of unbranched alkanes of at least 4 members (excludes halogenated alkanes) is 1. The van der Waals surface area contributed by atoms with E-state index in [4.69, 9.17) is 28.0 Å². The Morgan fingerprint density at radius 3 is 1.92 bits per heavy atom. The monoisotopic (exact) mass is 536 g/mol. The van der Waals surface area contributed by atoms with Gasteiger partial charge in [-0.05, 0) is 50.6 Å². The summed E-state index contributed by atoms with van der Waals surface area (Å²) < 4.78 is 0. The fourth-order valence-corrected chi connectivity index (χ4v) is 3.50. The summed E-state index contributed by atoms with van der Waals surface area (Å²) in [5, 5.41) is 25.8. The van der Waals surface area contributed by atoms with Crippen LogP contribution < -0.4 is 38.9 Å². The van der Waals surface area contributed by atoms with Crippen LogP contribution in [0.25, 0.3) is 0 Å². The van der Waals surface area contributed by atoms with E-state index < -0.39 is 54.5 Å². The van der Waals surface area contributed by atoms with Crippen molar-refractivity contribution in [2.24, 2.45) is 27.9 Å². The van der Waals surface area contributed by atoms with Crippen LogP contribution in [-0.4, -0.2) is 83.7 Å². The lowest BCUT2D eigenvalue weighted by Gasteiger charge is -2.25. The molecule has 0 radical (unpaired) electrons. The molecule has 38 heavy (non-hydrogen) atoms. The number of rotatable bonds is 18. The van der Waals surface area contributed by atoms with Gasteiger partial charge in [0.15, 0.2) is 5.96 Å². The predicted octanol–water partition coefficient (Wildman–Crippen LogP) is -2.73. The average Bonchev–Trinajstić information content (AvgIpc) is 2.88. The molecule has 13 N–H and O–H groups in total. The van der Waals surface area contributed by atoms with E-state index in [0.29, 0.717) is 25.8 Å². The zero-order valence-corrected chi connectivity index (χ0v) is 21.3. The van der Waals surface area contributed by atoms with Crippen molar-refractivity contribution >= 4 is 29.7 Å². The molecule has 0 aliphatic rings. The lowest BCUT2D eigenvalue weighted by atomic mass is 10.0. The topological polar surface area (TPSA) is 261 Å². The van der Waals surface area contributed by atoms with Gasteiger partial charge in [0.2, 0.25) is 17.7 Å².